The molecule has 4 N–H and O–H groups in total. The van der Waals surface area contributed by atoms with Crippen LogP contribution in [0, 0.1) is 0 Å². The van der Waals surface area contributed by atoms with Crippen molar-refractivity contribution in [1.29, 1.82) is 0 Å². The molecule has 88 valence electrons. The zero-order chi connectivity index (χ0) is 11.8. The van der Waals surface area contributed by atoms with Crippen LogP contribution in [0.15, 0.2) is 35.5 Å². The molecule has 0 bridgehead atoms. The molecule has 4 nitrogen and oxygen atoms in total. The summed E-state index contributed by atoms with van der Waals surface area (Å²) in [4.78, 5) is 0. The SMILES string of the molecule is CC(CCNCC(N)=NO)c1ccccc1. The predicted molar refractivity (Wildman–Crippen MR) is 65.8 cm³/mol. The average Bonchev–Trinajstić information content (AvgIpc) is 2.35. The second-order valence-corrected chi connectivity index (χ2v) is 3.87. The molecule has 0 aliphatic carbocycles. The lowest BCUT2D eigenvalue weighted by molar-refractivity contribution is 0.317. The number of benzene rings is 1. The zero-order valence-corrected chi connectivity index (χ0v) is 9.56. The zero-order valence-electron chi connectivity index (χ0n) is 9.56. The smallest absolute Gasteiger partial charge is 0.153 e. The van der Waals surface area contributed by atoms with E-state index >= 15 is 0 Å². The van der Waals surface area contributed by atoms with Gasteiger partial charge in [-0.1, -0.05) is 42.4 Å². The van der Waals surface area contributed by atoms with Crippen molar-refractivity contribution in [2.24, 2.45) is 10.9 Å². The molecule has 0 amide bonds. The lowest BCUT2D eigenvalue weighted by Gasteiger charge is -2.11. The minimum atomic E-state index is 0.215. The van der Waals surface area contributed by atoms with Gasteiger partial charge >= 0.3 is 0 Å². The third-order valence-corrected chi connectivity index (χ3v) is 2.56. The van der Waals surface area contributed by atoms with Crippen molar-refractivity contribution in [3.05, 3.63) is 35.9 Å². The van der Waals surface area contributed by atoms with E-state index in [9.17, 15) is 0 Å². The fraction of sp³-hybridized carbons (Fsp3) is 0.417. The van der Waals surface area contributed by atoms with E-state index in [2.05, 4.69) is 41.7 Å². The molecule has 0 heterocycles. The van der Waals surface area contributed by atoms with Crippen molar-refractivity contribution in [2.45, 2.75) is 19.3 Å². The topological polar surface area (TPSA) is 70.6 Å². The number of hydrogen-bond acceptors (Lipinski definition) is 3. The maximum atomic E-state index is 8.34. The van der Waals surface area contributed by atoms with Gasteiger partial charge in [-0.05, 0) is 24.4 Å². The minimum Gasteiger partial charge on any atom is -0.409 e. The summed E-state index contributed by atoms with van der Waals surface area (Å²) in [6.45, 7) is 3.48. The fourth-order valence-corrected chi connectivity index (χ4v) is 1.52. The quantitative estimate of drug-likeness (QED) is 0.224. The van der Waals surface area contributed by atoms with Crippen molar-refractivity contribution >= 4 is 5.84 Å². The van der Waals surface area contributed by atoms with E-state index in [1.807, 2.05) is 6.07 Å². The van der Waals surface area contributed by atoms with Gasteiger partial charge in [-0.2, -0.15) is 0 Å². The first-order valence-electron chi connectivity index (χ1n) is 5.46. The highest BCUT2D eigenvalue weighted by molar-refractivity contribution is 5.81. The van der Waals surface area contributed by atoms with E-state index in [4.69, 9.17) is 10.9 Å². The first kappa shape index (κ1) is 12.5. The summed E-state index contributed by atoms with van der Waals surface area (Å²) in [6, 6.07) is 10.4. The van der Waals surface area contributed by atoms with Crippen LogP contribution in [0.2, 0.25) is 0 Å². The van der Waals surface area contributed by atoms with Crippen molar-refractivity contribution in [2.75, 3.05) is 13.1 Å². The Bertz CT molecular complexity index is 324. The van der Waals surface area contributed by atoms with E-state index in [0.717, 1.165) is 13.0 Å². The maximum Gasteiger partial charge on any atom is 0.153 e. The van der Waals surface area contributed by atoms with Gasteiger partial charge in [-0.15, -0.1) is 0 Å². The summed E-state index contributed by atoms with van der Waals surface area (Å²) in [6.07, 6.45) is 1.03. The van der Waals surface area contributed by atoms with E-state index < -0.39 is 0 Å². The highest BCUT2D eigenvalue weighted by atomic mass is 16.4. The van der Waals surface area contributed by atoms with Crippen LogP contribution in [-0.4, -0.2) is 24.1 Å². The Hall–Kier alpha value is -1.55. The molecule has 0 aliphatic rings. The first-order chi connectivity index (χ1) is 7.74. The lowest BCUT2D eigenvalue weighted by atomic mass is 9.98. The lowest BCUT2D eigenvalue weighted by Crippen LogP contribution is -2.30. The van der Waals surface area contributed by atoms with Gasteiger partial charge in [0.15, 0.2) is 5.84 Å². The molecule has 4 heteroatoms. The Morgan fingerprint density at radius 2 is 2.12 bits per heavy atom. The molecule has 0 aromatic heterocycles. The van der Waals surface area contributed by atoms with E-state index in [1.165, 1.54) is 5.56 Å². The number of nitrogens with zero attached hydrogens (tertiary/aromatic N) is 1. The molecule has 1 atom stereocenters. The van der Waals surface area contributed by atoms with Crippen LogP contribution >= 0.6 is 0 Å². The normalized spacial score (nSPS) is 13.7. The summed E-state index contributed by atoms with van der Waals surface area (Å²) in [5, 5.41) is 14.4. The highest BCUT2D eigenvalue weighted by Gasteiger charge is 2.03. The summed E-state index contributed by atoms with van der Waals surface area (Å²) < 4.78 is 0. The van der Waals surface area contributed by atoms with Gasteiger partial charge in [-0.25, -0.2) is 0 Å². The Labute approximate surface area is 96.2 Å². The standard InChI is InChI=1S/C12H19N3O/c1-10(11-5-3-2-4-6-11)7-8-14-9-12(13)15-16/h2-6,10,14,16H,7-9H2,1H3,(H2,13,15). The minimum absolute atomic E-state index is 0.215. The van der Waals surface area contributed by atoms with Gasteiger partial charge in [0.1, 0.15) is 0 Å². The van der Waals surface area contributed by atoms with E-state index in [-0.39, 0.29) is 5.84 Å². The molecule has 1 aromatic rings. The Morgan fingerprint density at radius 1 is 1.44 bits per heavy atom. The molecule has 16 heavy (non-hydrogen) atoms. The maximum absolute atomic E-state index is 8.34. The van der Waals surface area contributed by atoms with Gasteiger partial charge in [0, 0.05) is 0 Å². The van der Waals surface area contributed by atoms with Crippen LogP contribution in [-0.2, 0) is 0 Å². The number of nitrogens with one attached hydrogen (secondary N) is 1. The second-order valence-electron chi connectivity index (χ2n) is 3.87. The number of hydrogen-bond donors (Lipinski definition) is 3. The monoisotopic (exact) mass is 221 g/mol. The van der Waals surface area contributed by atoms with Crippen molar-refractivity contribution in [3.8, 4) is 0 Å². The number of oxime groups is 1. The average molecular weight is 221 g/mol. The molecule has 0 radical (unpaired) electrons. The van der Waals surface area contributed by atoms with Crippen LogP contribution in [0.5, 0.6) is 0 Å². The van der Waals surface area contributed by atoms with Gasteiger partial charge in [0.25, 0.3) is 0 Å². The van der Waals surface area contributed by atoms with Crippen LogP contribution in [0.25, 0.3) is 0 Å². The molecule has 1 rings (SSSR count). The van der Waals surface area contributed by atoms with Crippen LogP contribution in [0.1, 0.15) is 24.8 Å². The van der Waals surface area contributed by atoms with Crippen molar-refractivity contribution in [3.63, 3.8) is 0 Å². The molecule has 0 spiro atoms. The third-order valence-electron chi connectivity index (χ3n) is 2.56. The highest BCUT2D eigenvalue weighted by Crippen LogP contribution is 2.17. The Morgan fingerprint density at radius 3 is 2.75 bits per heavy atom. The number of rotatable bonds is 6. The predicted octanol–water partition coefficient (Wildman–Crippen LogP) is 1.52. The van der Waals surface area contributed by atoms with Gasteiger partial charge in [0.05, 0.1) is 6.54 Å². The summed E-state index contributed by atoms with van der Waals surface area (Å²) in [5.74, 6) is 0.730. The van der Waals surface area contributed by atoms with Crippen molar-refractivity contribution < 1.29 is 5.21 Å². The molecular weight excluding hydrogens is 202 g/mol. The summed E-state index contributed by atoms with van der Waals surface area (Å²) >= 11 is 0. The second kappa shape index (κ2) is 6.85. The van der Waals surface area contributed by atoms with E-state index in [1.54, 1.807) is 0 Å². The van der Waals surface area contributed by atoms with Crippen molar-refractivity contribution in [1.82, 2.24) is 5.32 Å². The molecule has 1 unspecified atom stereocenters. The molecule has 0 aliphatic heterocycles. The molecule has 1 aromatic carbocycles. The van der Waals surface area contributed by atoms with Crippen LogP contribution < -0.4 is 11.1 Å². The van der Waals surface area contributed by atoms with Gasteiger partial charge < -0.3 is 16.3 Å². The summed E-state index contributed by atoms with van der Waals surface area (Å²) in [7, 11) is 0. The van der Waals surface area contributed by atoms with Crippen LogP contribution in [0.4, 0.5) is 0 Å². The molecular formula is C12H19N3O. The Kier molecular flexibility index (Phi) is 5.36. The summed E-state index contributed by atoms with van der Waals surface area (Å²) in [5.41, 5.74) is 6.68. The Balaban J connectivity index is 2.23. The molecule has 0 fully saturated rings. The molecule has 0 saturated heterocycles. The first-order valence-corrected chi connectivity index (χ1v) is 5.46. The van der Waals surface area contributed by atoms with Crippen LogP contribution in [0.3, 0.4) is 0 Å². The largest absolute Gasteiger partial charge is 0.409 e. The number of nitrogens with two attached hydrogens (primary N) is 1. The third kappa shape index (κ3) is 4.31. The molecule has 0 saturated carbocycles. The van der Waals surface area contributed by atoms with Gasteiger partial charge in [-0.3, -0.25) is 0 Å². The van der Waals surface area contributed by atoms with Gasteiger partial charge in [0.2, 0.25) is 0 Å². The van der Waals surface area contributed by atoms with E-state index in [0.29, 0.717) is 12.5 Å². The number of amidine groups is 1. The fourth-order valence-electron chi connectivity index (χ4n) is 1.52.